The Kier molecular flexibility index (Phi) is 5.22. The summed E-state index contributed by atoms with van der Waals surface area (Å²) in [5.41, 5.74) is 2.38. The first kappa shape index (κ1) is 19.4. The highest BCUT2D eigenvalue weighted by Gasteiger charge is 2.35. The predicted molar refractivity (Wildman–Crippen MR) is 109 cm³/mol. The van der Waals surface area contributed by atoms with Gasteiger partial charge in [0, 0.05) is 50.3 Å². The van der Waals surface area contributed by atoms with Gasteiger partial charge in [-0.25, -0.2) is 14.8 Å². The number of hydrogen-bond donors (Lipinski definition) is 0. The largest absolute Gasteiger partial charge is 0.448 e. The van der Waals surface area contributed by atoms with E-state index >= 15 is 0 Å². The van der Waals surface area contributed by atoms with Gasteiger partial charge in [0.25, 0.3) is 5.91 Å². The van der Waals surface area contributed by atoms with E-state index < -0.39 is 12.1 Å². The molecule has 0 spiro atoms. The Balaban J connectivity index is 1.41. The Morgan fingerprint density at radius 1 is 1.14 bits per heavy atom. The third kappa shape index (κ3) is 3.95. The first-order chi connectivity index (χ1) is 13.9. The standard InChI is InChI=1S/C22H26N4O3/c1-14(2)20-23-15(3)12-19(24-20)25-8-10-26(11-9-25)21(27)18-13-16-6-4-5-7-17(16)22(28)29-18/h4-7,12,14,18H,8-11,13H2,1-3H3. The third-order valence-corrected chi connectivity index (χ3v) is 5.46. The number of nitrogens with zero attached hydrogens (tertiary/aromatic N) is 4. The molecule has 0 bridgehead atoms. The first-order valence-electron chi connectivity index (χ1n) is 10.1. The van der Waals surface area contributed by atoms with Crippen molar-refractivity contribution in [2.75, 3.05) is 31.1 Å². The summed E-state index contributed by atoms with van der Waals surface area (Å²) < 4.78 is 5.43. The molecule has 152 valence electrons. The number of piperazine rings is 1. The van der Waals surface area contributed by atoms with Crippen molar-refractivity contribution in [3.05, 3.63) is 53.0 Å². The van der Waals surface area contributed by atoms with Crippen LogP contribution in [-0.2, 0) is 16.0 Å². The van der Waals surface area contributed by atoms with Crippen LogP contribution in [0, 0.1) is 6.92 Å². The fourth-order valence-electron chi connectivity index (χ4n) is 3.82. The van der Waals surface area contributed by atoms with Crippen molar-refractivity contribution in [1.29, 1.82) is 0 Å². The topological polar surface area (TPSA) is 75.6 Å². The molecule has 2 aromatic rings. The van der Waals surface area contributed by atoms with Gasteiger partial charge < -0.3 is 14.5 Å². The highest BCUT2D eigenvalue weighted by atomic mass is 16.5. The van der Waals surface area contributed by atoms with Gasteiger partial charge in [-0.15, -0.1) is 0 Å². The number of hydrogen-bond acceptors (Lipinski definition) is 6. The summed E-state index contributed by atoms with van der Waals surface area (Å²) in [6, 6.07) is 9.31. The predicted octanol–water partition coefficient (Wildman–Crippen LogP) is 2.34. The van der Waals surface area contributed by atoms with Crippen molar-refractivity contribution in [1.82, 2.24) is 14.9 Å². The number of esters is 1. The van der Waals surface area contributed by atoms with E-state index in [1.54, 1.807) is 17.0 Å². The SMILES string of the molecule is Cc1cc(N2CCN(C(=O)C3Cc4ccccc4C(=O)O3)CC2)nc(C(C)C)n1. The molecule has 4 rings (SSSR count). The van der Waals surface area contributed by atoms with Gasteiger partial charge in [-0.3, -0.25) is 4.79 Å². The summed E-state index contributed by atoms with van der Waals surface area (Å²) in [7, 11) is 0. The average molecular weight is 394 g/mol. The van der Waals surface area contributed by atoms with Crippen LogP contribution in [0.15, 0.2) is 30.3 Å². The quantitative estimate of drug-likeness (QED) is 0.744. The number of carbonyl (C=O) groups excluding carboxylic acids is 2. The summed E-state index contributed by atoms with van der Waals surface area (Å²) in [5, 5.41) is 0. The normalized spacial score (nSPS) is 19.2. The molecule has 1 atom stereocenters. The zero-order valence-electron chi connectivity index (χ0n) is 17.1. The zero-order chi connectivity index (χ0) is 20.5. The molecule has 1 saturated heterocycles. The van der Waals surface area contributed by atoms with Crippen LogP contribution in [0.4, 0.5) is 5.82 Å². The lowest BCUT2D eigenvalue weighted by Crippen LogP contribution is -2.53. The summed E-state index contributed by atoms with van der Waals surface area (Å²) >= 11 is 0. The van der Waals surface area contributed by atoms with E-state index in [0.29, 0.717) is 38.2 Å². The number of fused-ring (bicyclic) bond motifs is 1. The maximum atomic E-state index is 13.0. The number of carbonyl (C=O) groups is 2. The number of ether oxygens (including phenoxy) is 1. The zero-order valence-corrected chi connectivity index (χ0v) is 17.1. The fraction of sp³-hybridized carbons (Fsp3) is 0.455. The summed E-state index contributed by atoms with van der Waals surface area (Å²) in [5.74, 6) is 1.48. The van der Waals surface area contributed by atoms with Gasteiger partial charge in [0.15, 0.2) is 6.10 Å². The lowest BCUT2D eigenvalue weighted by Gasteiger charge is -2.37. The van der Waals surface area contributed by atoms with E-state index in [1.807, 2.05) is 25.1 Å². The molecule has 0 N–H and O–H groups in total. The Morgan fingerprint density at radius 2 is 1.86 bits per heavy atom. The molecule has 29 heavy (non-hydrogen) atoms. The van der Waals surface area contributed by atoms with Gasteiger partial charge in [0.05, 0.1) is 5.56 Å². The van der Waals surface area contributed by atoms with Crippen molar-refractivity contribution in [3.63, 3.8) is 0 Å². The second-order valence-electron chi connectivity index (χ2n) is 7.95. The van der Waals surface area contributed by atoms with Crippen LogP contribution in [0.5, 0.6) is 0 Å². The van der Waals surface area contributed by atoms with Gasteiger partial charge in [0.1, 0.15) is 11.6 Å². The van der Waals surface area contributed by atoms with Crippen LogP contribution in [0.1, 0.15) is 47.2 Å². The highest BCUT2D eigenvalue weighted by Crippen LogP contribution is 2.23. The van der Waals surface area contributed by atoms with E-state index in [4.69, 9.17) is 9.72 Å². The molecule has 1 unspecified atom stereocenters. The maximum Gasteiger partial charge on any atom is 0.339 e. The lowest BCUT2D eigenvalue weighted by molar-refractivity contribution is -0.141. The van der Waals surface area contributed by atoms with Crippen molar-refractivity contribution in [2.24, 2.45) is 0 Å². The number of rotatable bonds is 3. The molecule has 2 aliphatic rings. The Bertz CT molecular complexity index is 935. The Morgan fingerprint density at radius 3 is 2.59 bits per heavy atom. The molecule has 1 fully saturated rings. The van der Waals surface area contributed by atoms with Gasteiger partial charge in [-0.2, -0.15) is 0 Å². The van der Waals surface area contributed by atoms with Crippen molar-refractivity contribution >= 4 is 17.7 Å². The van der Waals surface area contributed by atoms with Crippen molar-refractivity contribution in [3.8, 4) is 0 Å². The Hall–Kier alpha value is -2.96. The van der Waals surface area contributed by atoms with E-state index in [0.717, 1.165) is 22.9 Å². The van der Waals surface area contributed by atoms with E-state index in [1.165, 1.54) is 0 Å². The van der Waals surface area contributed by atoms with E-state index in [2.05, 4.69) is 23.7 Å². The first-order valence-corrected chi connectivity index (χ1v) is 10.1. The minimum absolute atomic E-state index is 0.116. The molecule has 0 aliphatic carbocycles. The number of aromatic nitrogens is 2. The van der Waals surface area contributed by atoms with Crippen molar-refractivity contribution < 1.29 is 14.3 Å². The van der Waals surface area contributed by atoms with Gasteiger partial charge in [-0.05, 0) is 18.6 Å². The molecule has 7 nitrogen and oxygen atoms in total. The minimum Gasteiger partial charge on any atom is -0.448 e. The molecule has 1 amide bonds. The number of amides is 1. The molecule has 7 heteroatoms. The second kappa shape index (κ2) is 7.81. The van der Waals surface area contributed by atoms with E-state index in [-0.39, 0.29) is 11.8 Å². The number of benzene rings is 1. The third-order valence-electron chi connectivity index (χ3n) is 5.46. The summed E-state index contributed by atoms with van der Waals surface area (Å²) in [6.07, 6.45) is -0.304. The second-order valence-corrected chi connectivity index (χ2v) is 7.95. The summed E-state index contributed by atoms with van der Waals surface area (Å²) in [4.78, 5) is 38.4. The molecule has 0 saturated carbocycles. The molecule has 2 aliphatic heterocycles. The van der Waals surface area contributed by atoms with Gasteiger partial charge in [0.2, 0.25) is 0 Å². The average Bonchev–Trinajstić information content (AvgIpc) is 2.73. The molecule has 0 radical (unpaired) electrons. The fourth-order valence-corrected chi connectivity index (χ4v) is 3.82. The van der Waals surface area contributed by atoms with Crippen LogP contribution in [0.25, 0.3) is 0 Å². The van der Waals surface area contributed by atoms with Crippen LogP contribution in [-0.4, -0.2) is 59.0 Å². The molecule has 1 aromatic heterocycles. The highest BCUT2D eigenvalue weighted by molar-refractivity contribution is 5.95. The number of aryl methyl sites for hydroxylation is 1. The molecule has 1 aromatic carbocycles. The van der Waals surface area contributed by atoms with Gasteiger partial charge in [-0.1, -0.05) is 32.0 Å². The number of anilines is 1. The Labute approximate surface area is 170 Å². The summed E-state index contributed by atoms with van der Waals surface area (Å²) in [6.45, 7) is 8.68. The van der Waals surface area contributed by atoms with Crippen molar-refractivity contribution in [2.45, 2.75) is 39.2 Å². The monoisotopic (exact) mass is 394 g/mol. The van der Waals surface area contributed by atoms with Gasteiger partial charge >= 0.3 is 5.97 Å². The molecular weight excluding hydrogens is 368 g/mol. The van der Waals surface area contributed by atoms with Crippen LogP contribution < -0.4 is 4.90 Å². The van der Waals surface area contributed by atoms with Crippen LogP contribution >= 0.6 is 0 Å². The lowest BCUT2D eigenvalue weighted by atomic mass is 9.98. The van der Waals surface area contributed by atoms with Crippen LogP contribution in [0.2, 0.25) is 0 Å². The molecule has 3 heterocycles. The minimum atomic E-state index is -0.738. The maximum absolute atomic E-state index is 13.0. The number of cyclic esters (lactones) is 1. The smallest absolute Gasteiger partial charge is 0.339 e. The molecular formula is C22H26N4O3. The van der Waals surface area contributed by atoms with Crippen LogP contribution in [0.3, 0.4) is 0 Å². The van der Waals surface area contributed by atoms with E-state index in [9.17, 15) is 9.59 Å².